The third kappa shape index (κ3) is 2.35. The normalized spacial score (nSPS) is 10.4. The van der Waals surface area contributed by atoms with Crippen LogP contribution in [-0.2, 0) is 4.84 Å². The van der Waals surface area contributed by atoms with E-state index in [0.717, 1.165) is 10.0 Å². The predicted molar refractivity (Wildman–Crippen MR) is 47.7 cm³/mol. The minimum Gasteiger partial charge on any atom is -0.399 e. The van der Waals surface area contributed by atoms with Gasteiger partial charge in [-0.15, -0.1) is 0 Å². The summed E-state index contributed by atoms with van der Waals surface area (Å²) in [6.07, 6.45) is 2.72. The van der Waals surface area contributed by atoms with Gasteiger partial charge in [0.1, 0.15) is 13.3 Å². The molecule has 0 fully saturated rings. The molecule has 0 heterocycles. The van der Waals surface area contributed by atoms with Gasteiger partial charge in [-0.05, 0) is 6.07 Å². The van der Waals surface area contributed by atoms with E-state index in [0.29, 0.717) is 0 Å². The van der Waals surface area contributed by atoms with E-state index in [9.17, 15) is 0 Å². The molecule has 0 unspecified atom stereocenters. The van der Waals surface area contributed by atoms with E-state index in [-0.39, 0.29) is 0 Å². The van der Waals surface area contributed by atoms with Gasteiger partial charge in [0.25, 0.3) is 0 Å². The summed E-state index contributed by atoms with van der Waals surface area (Å²) in [6, 6.07) is 7.67. The highest BCUT2D eigenvalue weighted by Crippen LogP contribution is 2.13. The number of hydrogen-bond acceptors (Lipinski definition) is 2. The molecular weight excluding hydrogens is 206 g/mol. The van der Waals surface area contributed by atoms with Crippen molar-refractivity contribution in [3.8, 4) is 0 Å². The van der Waals surface area contributed by atoms with Gasteiger partial charge in [0.15, 0.2) is 0 Å². The minimum atomic E-state index is 0.884. The molecule has 0 saturated carbocycles. The van der Waals surface area contributed by atoms with Crippen LogP contribution >= 0.6 is 15.9 Å². The maximum absolute atomic E-state index is 4.49. The van der Waals surface area contributed by atoms with Crippen LogP contribution in [0.2, 0.25) is 0 Å². The van der Waals surface area contributed by atoms with Crippen LogP contribution in [0.3, 0.4) is 0 Å². The lowest BCUT2D eigenvalue weighted by Crippen LogP contribution is -1.82. The summed E-state index contributed by atoms with van der Waals surface area (Å²) in [4.78, 5) is 4.49. The fourth-order valence-electron chi connectivity index (χ4n) is 0.647. The lowest BCUT2D eigenvalue weighted by Gasteiger charge is -1.93. The molecular formula is C8H7BrNO. The van der Waals surface area contributed by atoms with Gasteiger partial charge < -0.3 is 4.84 Å². The molecule has 0 atom stereocenters. The summed E-state index contributed by atoms with van der Waals surface area (Å²) in [5.74, 6) is 0. The predicted octanol–water partition coefficient (Wildman–Crippen LogP) is 2.31. The van der Waals surface area contributed by atoms with Crippen LogP contribution in [0, 0.1) is 0 Å². The van der Waals surface area contributed by atoms with E-state index < -0.39 is 0 Å². The van der Waals surface area contributed by atoms with Gasteiger partial charge >= 0.3 is 0 Å². The average molecular weight is 213 g/mol. The first-order chi connectivity index (χ1) is 5.34. The summed E-state index contributed by atoms with van der Waals surface area (Å²) < 4.78 is 0.959. The Morgan fingerprint density at radius 1 is 1.45 bits per heavy atom. The van der Waals surface area contributed by atoms with Gasteiger partial charge in [-0.1, -0.05) is 39.3 Å². The first-order valence-electron chi connectivity index (χ1n) is 3.08. The Kier molecular flexibility index (Phi) is 3.11. The molecule has 0 amide bonds. The second-order valence-electron chi connectivity index (χ2n) is 1.87. The Bertz CT molecular complexity index is 260. The third-order valence-corrected chi connectivity index (χ3v) is 1.82. The second kappa shape index (κ2) is 4.13. The Labute approximate surface area is 74.0 Å². The standard InChI is InChI=1S/C8H7BrNO/c1-11-10-6-7-4-2-3-5-8(7)9/h2-5H,1H3. The number of halogens is 1. The molecule has 1 radical (unpaired) electrons. The molecule has 0 aliphatic rings. The van der Waals surface area contributed by atoms with Gasteiger partial charge in [0.2, 0.25) is 0 Å². The highest BCUT2D eigenvalue weighted by Gasteiger charge is 1.93. The van der Waals surface area contributed by atoms with Crippen LogP contribution in [0.1, 0.15) is 5.56 Å². The Morgan fingerprint density at radius 3 is 2.82 bits per heavy atom. The second-order valence-corrected chi connectivity index (χ2v) is 2.72. The summed E-state index contributed by atoms with van der Waals surface area (Å²) in [6.45, 7) is 0. The molecule has 1 aromatic carbocycles. The molecule has 0 aliphatic heterocycles. The zero-order chi connectivity index (χ0) is 8.10. The monoisotopic (exact) mass is 212 g/mol. The van der Waals surface area contributed by atoms with E-state index in [1.54, 1.807) is 0 Å². The molecule has 1 aromatic rings. The van der Waals surface area contributed by atoms with E-state index in [2.05, 4.69) is 32.1 Å². The van der Waals surface area contributed by atoms with Gasteiger partial charge in [0.05, 0.1) is 0 Å². The molecule has 0 saturated heterocycles. The van der Waals surface area contributed by atoms with Gasteiger partial charge in [0, 0.05) is 10.0 Å². The maximum Gasteiger partial charge on any atom is 0.140 e. The Morgan fingerprint density at radius 2 is 2.18 bits per heavy atom. The van der Waals surface area contributed by atoms with Crippen LogP contribution in [-0.4, -0.2) is 13.3 Å². The Hall–Kier alpha value is -0.830. The molecule has 0 aliphatic carbocycles. The van der Waals surface area contributed by atoms with E-state index in [4.69, 9.17) is 0 Å². The van der Waals surface area contributed by atoms with Crippen LogP contribution in [0.25, 0.3) is 0 Å². The van der Waals surface area contributed by atoms with Crippen molar-refractivity contribution < 1.29 is 4.84 Å². The molecule has 1 rings (SSSR count). The molecule has 57 valence electrons. The average Bonchev–Trinajstić information content (AvgIpc) is 2.03. The van der Waals surface area contributed by atoms with Gasteiger partial charge in [-0.2, -0.15) is 0 Å². The van der Waals surface area contributed by atoms with Crippen LogP contribution in [0.4, 0.5) is 0 Å². The highest BCUT2D eigenvalue weighted by atomic mass is 79.9. The van der Waals surface area contributed by atoms with E-state index in [1.807, 2.05) is 24.3 Å². The molecule has 0 bridgehead atoms. The Balaban J connectivity index is 2.86. The van der Waals surface area contributed by atoms with E-state index in [1.165, 1.54) is 7.11 Å². The molecule has 0 spiro atoms. The first kappa shape index (κ1) is 8.27. The third-order valence-electron chi connectivity index (χ3n) is 1.13. The van der Waals surface area contributed by atoms with Crippen molar-refractivity contribution in [2.75, 3.05) is 7.11 Å². The zero-order valence-corrected chi connectivity index (χ0v) is 7.63. The molecule has 11 heavy (non-hydrogen) atoms. The van der Waals surface area contributed by atoms with Crippen molar-refractivity contribution in [3.05, 3.63) is 34.3 Å². The van der Waals surface area contributed by atoms with Crippen molar-refractivity contribution in [2.24, 2.45) is 5.16 Å². The number of rotatable bonds is 2. The summed E-state index contributed by atoms with van der Waals surface area (Å²) in [5.41, 5.74) is 0.884. The van der Waals surface area contributed by atoms with Crippen molar-refractivity contribution in [1.29, 1.82) is 0 Å². The zero-order valence-electron chi connectivity index (χ0n) is 6.04. The lowest BCUT2D eigenvalue weighted by atomic mass is 10.2. The molecule has 0 N–H and O–H groups in total. The van der Waals surface area contributed by atoms with Crippen molar-refractivity contribution >= 4 is 22.1 Å². The van der Waals surface area contributed by atoms with Gasteiger partial charge in [-0.25, -0.2) is 0 Å². The summed E-state index contributed by atoms with van der Waals surface area (Å²) in [7, 11) is 1.49. The summed E-state index contributed by atoms with van der Waals surface area (Å²) >= 11 is 3.35. The number of hydrogen-bond donors (Lipinski definition) is 0. The fraction of sp³-hybridized carbons (Fsp3) is 0.125. The minimum absolute atomic E-state index is 0.884. The van der Waals surface area contributed by atoms with Crippen molar-refractivity contribution in [2.45, 2.75) is 0 Å². The van der Waals surface area contributed by atoms with Crippen LogP contribution < -0.4 is 0 Å². The molecule has 2 nitrogen and oxygen atoms in total. The quantitative estimate of drug-likeness (QED) is 0.545. The fourth-order valence-corrected chi connectivity index (χ4v) is 1.02. The number of benzene rings is 1. The van der Waals surface area contributed by atoms with Gasteiger partial charge in [-0.3, -0.25) is 0 Å². The van der Waals surface area contributed by atoms with Crippen LogP contribution in [0.5, 0.6) is 0 Å². The van der Waals surface area contributed by atoms with Crippen molar-refractivity contribution in [3.63, 3.8) is 0 Å². The van der Waals surface area contributed by atoms with Crippen LogP contribution in [0.15, 0.2) is 33.9 Å². The number of nitrogens with zero attached hydrogens (tertiary/aromatic N) is 1. The molecule has 3 heteroatoms. The van der Waals surface area contributed by atoms with Crippen molar-refractivity contribution in [1.82, 2.24) is 0 Å². The smallest absolute Gasteiger partial charge is 0.140 e. The maximum atomic E-state index is 4.49. The molecule has 0 aromatic heterocycles. The largest absolute Gasteiger partial charge is 0.399 e. The highest BCUT2D eigenvalue weighted by molar-refractivity contribution is 9.10. The van der Waals surface area contributed by atoms with E-state index >= 15 is 0 Å². The SMILES string of the molecule is CO/N=[C]\c1ccccc1Br. The lowest BCUT2D eigenvalue weighted by molar-refractivity contribution is 0.215. The summed E-state index contributed by atoms with van der Waals surface area (Å²) in [5, 5.41) is 3.52. The first-order valence-corrected chi connectivity index (χ1v) is 3.87. The topological polar surface area (TPSA) is 21.6 Å².